The molecule has 1 heterocycles. The lowest BCUT2D eigenvalue weighted by Crippen LogP contribution is -2.31. The molecule has 0 aliphatic carbocycles. The second-order valence-corrected chi connectivity index (χ2v) is 5.12. The fourth-order valence-corrected chi connectivity index (χ4v) is 2.36. The number of amides is 1. The normalized spacial score (nSPS) is 10.3. The summed E-state index contributed by atoms with van der Waals surface area (Å²) in [6, 6.07) is 5.37. The van der Waals surface area contributed by atoms with Crippen LogP contribution in [0.4, 0.5) is 5.95 Å². The van der Waals surface area contributed by atoms with Crippen LogP contribution in [-0.2, 0) is 0 Å². The second kappa shape index (κ2) is 6.06. The molecule has 0 aliphatic heterocycles. The number of nitrogens with zero attached hydrogens (tertiary/aromatic N) is 2. The zero-order valence-corrected chi connectivity index (χ0v) is 13.1. The highest BCUT2D eigenvalue weighted by molar-refractivity contribution is 9.10. The topological polar surface area (TPSA) is 116 Å². The van der Waals surface area contributed by atoms with Gasteiger partial charge in [-0.05, 0) is 25.1 Å². The number of aryl methyl sites for hydroxylation is 1. The molecule has 0 spiro atoms. The number of carbonyl (C=O) groups is 1. The smallest absolute Gasteiger partial charge is 0.269 e. The molecule has 2 rings (SSSR count). The van der Waals surface area contributed by atoms with Gasteiger partial charge in [-0.15, -0.1) is 0 Å². The van der Waals surface area contributed by atoms with Crippen LogP contribution >= 0.6 is 15.9 Å². The van der Waals surface area contributed by atoms with E-state index in [0.717, 1.165) is 4.47 Å². The first-order chi connectivity index (χ1) is 9.97. The molecule has 0 saturated carbocycles. The van der Waals surface area contributed by atoms with Crippen molar-refractivity contribution in [2.45, 2.75) is 6.92 Å². The molecular weight excluding hydrogens is 338 g/mol. The number of aromatic nitrogens is 2. The summed E-state index contributed by atoms with van der Waals surface area (Å²) in [4.78, 5) is 20.2. The summed E-state index contributed by atoms with van der Waals surface area (Å²) in [5.41, 5.74) is 9.45. The Morgan fingerprint density at radius 2 is 2.10 bits per heavy atom. The summed E-state index contributed by atoms with van der Waals surface area (Å²) in [6.45, 7) is 1.66. The van der Waals surface area contributed by atoms with Crippen molar-refractivity contribution < 1.29 is 9.53 Å². The van der Waals surface area contributed by atoms with E-state index in [2.05, 4.69) is 31.3 Å². The fraction of sp³-hybridized carbons (Fsp3) is 0.154. The number of rotatable bonds is 3. The molecule has 1 aromatic heterocycles. The highest BCUT2D eigenvalue weighted by Crippen LogP contribution is 2.34. The maximum absolute atomic E-state index is 12.0. The third-order valence-electron chi connectivity index (χ3n) is 2.88. The summed E-state index contributed by atoms with van der Waals surface area (Å²) in [7, 11) is 1.53. The van der Waals surface area contributed by atoms with E-state index in [1.54, 1.807) is 19.1 Å². The predicted molar refractivity (Wildman–Crippen MR) is 82.5 cm³/mol. The van der Waals surface area contributed by atoms with Crippen LogP contribution in [0, 0.1) is 6.92 Å². The summed E-state index contributed by atoms with van der Waals surface area (Å²) in [5, 5.41) is 0. The third kappa shape index (κ3) is 2.96. The van der Waals surface area contributed by atoms with Crippen molar-refractivity contribution in [3.05, 3.63) is 33.9 Å². The van der Waals surface area contributed by atoms with Crippen LogP contribution in [0.1, 0.15) is 16.1 Å². The molecule has 7 nitrogen and oxygen atoms in total. The van der Waals surface area contributed by atoms with Gasteiger partial charge in [0.05, 0.1) is 24.1 Å². The summed E-state index contributed by atoms with van der Waals surface area (Å²) >= 11 is 3.38. The summed E-state index contributed by atoms with van der Waals surface area (Å²) in [6.07, 6.45) is 0. The summed E-state index contributed by atoms with van der Waals surface area (Å²) < 4.78 is 6.13. The zero-order valence-electron chi connectivity index (χ0n) is 11.5. The van der Waals surface area contributed by atoms with Crippen LogP contribution in [0.2, 0.25) is 0 Å². The summed E-state index contributed by atoms with van der Waals surface area (Å²) in [5.74, 6) is 5.36. The number of benzene rings is 1. The fourth-order valence-electron chi connectivity index (χ4n) is 2.00. The Balaban J connectivity index is 2.79. The minimum absolute atomic E-state index is 0.0677. The number of nitrogens with two attached hydrogens (primary N) is 2. The van der Waals surface area contributed by atoms with Gasteiger partial charge in [0.2, 0.25) is 5.95 Å². The molecule has 2 aromatic rings. The lowest BCUT2D eigenvalue weighted by molar-refractivity contribution is 0.0953. The number of hydrogen-bond acceptors (Lipinski definition) is 6. The third-order valence-corrected chi connectivity index (χ3v) is 3.38. The molecule has 5 N–H and O–H groups in total. The van der Waals surface area contributed by atoms with Gasteiger partial charge in [-0.3, -0.25) is 10.2 Å². The van der Waals surface area contributed by atoms with E-state index in [9.17, 15) is 4.79 Å². The Bertz CT molecular complexity index is 705. The average molecular weight is 352 g/mol. The first-order valence-corrected chi connectivity index (χ1v) is 6.76. The van der Waals surface area contributed by atoms with Gasteiger partial charge in [0.25, 0.3) is 5.91 Å². The van der Waals surface area contributed by atoms with Gasteiger partial charge >= 0.3 is 0 Å². The number of hydrogen-bond donors (Lipinski definition) is 3. The highest BCUT2D eigenvalue weighted by atomic mass is 79.9. The molecule has 1 amide bonds. The van der Waals surface area contributed by atoms with Gasteiger partial charge in [-0.1, -0.05) is 15.9 Å². The lowest BCUT2D eigenvalue weighted by Gasteiger charge is -2.14. The number of methoxy groups -OCH3 is 1. The molecule has 0 bridgehead atoms. The maximum atomic E-state index is 12.0. The van der Waals surface area contributed by atoms with Crippen molar-refractivity contribution in [3.63, 3.8) is 0 Å². The molecule has 0 fully saturated rings. The van der Waals surface area contributed by atoms with Crippen molar-refractivity contribution >= 4 is 27.8 Å². The van der Waals surface area contributed by atoms with E-state index >= 15 is 0 Å². The molecular formula is C13H14BrN5O2. The van der Waals surface area contributed by atoms with Crippen LogP contribution in [0.5, 0.6) is 5.75 Å². The highest BCUT2D eigenvalue weighted by Gasteiger charge is 2.21. The van der Waals surface area contributed by atoms with E-state index in [4.69, 9.17) is 16.3 Å². The van der Waals surface area contributed by atoms with Gasteiger partial charge in [0.15, 0.2) is 0 Å². The first-order valence-electron chi connectivity index (χ1n) is 5.97. The van der Waals surface area contributed by atoms with Crippen molar-refractivity contribution in [3.8, 4) is 17.0 Å². The Kier molecular flexibility index (Phi) is 4.39. The minimum atomic E-state index is -0.496. The SMILES string of the molecule is COc1ccc(Br)cc1-c1nc(N)nc(C)c1C(=O)NN. The van der Waals surface area contributed by atoms with Crippen LogP contribution < -0.4 is 21.7 Å². The monoisotopic (exact) mass is 351 g/mol. The van der Waals surface area contributed by atoms with Crippen molar-refractivity contribution in [1.82, 2.24) is 15.4 Å². The van der Waals surface area contributed by atoms with Crippen LogP contribution in [0.3, 0.4) is 0 Å². The molecule has 1 aromatic carbocycles. The van der Waals surface area contributed by atoms with Crippen LogP contribution in [0.15, 0.2) is 22.7 Å². The van der Waals surface area contributed by atoms with Crippen LogP contribution in [0.25, 0.3) is 11.3 Å². The predicted octanol–water partition coefficient (Wildman–Crippen LogP) is 1.41. The minimum Gasteiger partial charge on any atom is -0.496 e. The quantitative estimate of drug-likeness (QED) is 0.437. The van der Waals surface area contributed by atoms with Gasteiger partial charge in [-0.2, -0.15) is 0 Å². The van der Waals surface area contributed by atoms with E-state index in [1.807, 2.05) is 6.07 Å². The number of carbonyl (C=O) groups excluding carboxylic acids is 1. The van der Waals surface area contributed by atoms with E-state index in [0.29, 0.717) is 22.7 Å². The number of nitrogen functional groups attached to an aromatic ring is 2. The largest absolute Gasteiger partial charge is 0.496 e. The van der Waals surface area contributed by atoms with Gasteiger partial charge in [0.1, 0.15) is 5.75 Å². The average Bonchev–Trinajstić information content (AvgIpc) is 2.45. The molecule has 0 saturated heterocycles. The lowest BCUT2D eigenvalue weighted by atomic mass is 10.0. The van der Waals surface area contributed by atoms with Crippen molar-refractivity contribution in [2.24, 2.45) is 5.84 Å². The molecule has 8 heteroatoms. The van der Waals surface area contributed by atoms with E-state index in [1.165, 1.54) is 7.11 Å². The Labute approximate surface area is 129 Å². The Morgan fingerprint density at radius 3 is 2.71 bits per heavy atom. The molecule has 21 heavy (non-hydrogen) atoms. The zero-order chi connectivity index (χ0) is 15.6. The molecule has 0 radical (unpaired) electrons. The van der Waals surface area contributed by atoms with Crippen LogP contribution in [-0.4, -0.2) is 23.0 Å². The van der Waals surface area contributed by atoms with E-state index in [-0.39, 0.29) is 11.5 Å². The number of halogens is 1. The molecule has 0 unspecified atom stereocenters. The van der Waals surface area contributed by atoms with Gasteiger partial charge in [0, 0.05) is 10.0 Å². The number of nitrogens with one attached hydrogen (secondary N) is 1. The Hall–Kier alpha value is -2.19. The number of hydrazine groups is 1. The number of ether oxygens (including phenoxy) is 1. The van der Waals surface area contributed by atoms with Crippen molar-refractivity contribution in [2.75, 3.05) is 12.8 Å². The number of anilines is 1. The molecule has 0 aliphatic rings. The molecule has 0 atom stereocenters. The van der Waals surface area contributed by atoms with Gasteiger partial charge in [-0.25, -0.2) is 15.8 Å². The van der Waals surface area contributed by atoms with Crippen molar-refractivity contribution in [1.29, 1.82) is 0 Å². The second-order valence-electron chi connectivity index (χ2n) is 4.21. The van der Waals surface area contributed by atoms with E-state index < -0.39 is 5.91 Å². The standard InChI is InChI=1S/C13H14BrN5O2/c1-6-10(12(20)19-16)11(18-13(15)17-6)8-5-7(14)3-4-9(8)21-2/h3-5H,16H2,1-2H3,(H,19,20)(H2,15,17,18). The first kappa shape index (κ1) is 15.2. The molecule has 110 valence electrons. The Morgan fingerprint density at radius 1 is 1.38 bits per heavy atom. The maximum Gasteiger partial charge on any atom is 0.269 e. The van der Waals surface area contributed by atoms with Gasteiger partial charge < -0.3 is 10.5 Å².